The predicted octanol–water partition coefficient (Wildman–Crippen LogP) is 2.71. The topological polar surface area (TPSA) is 55.1 Å². The van der Waals surface area contributed by atoms with Gasteiger partial charge in [0.25, 0.3) is 0 Å². The summed E-state index contributed by atoms with van der Waals surface area (Å²) in [5, 5.41) is 6.72. The summed E-state index contributed by atoms with van der Waals surface area (Å²) in [5.41, 5.74) is 0.805. The van der Waals surface area contributed by atoms with Crippen molar-refractivity contribution in [2.24, 2.45) is 5.92 Å². The van der Waals surface area contributed by atoms with Gasteiger partial charge >= 0.3 is 0 Å². The molecular formula is C12H18N2O2. The zero-order valence-electron chi connectivity index (χ0n) is 10.0. The van der Waals surface area contributed by atoms with Crippen molar-refractivity contribution in [1.82, 2.24) is 5.16 Å². The van der Waals surface area contributed by atoms with E-state index in [4.69, 9.17) is 4.52 Å². The van der Waals surface area contributed by atoms with Crippen molar-refractivity contribution in [1.29, 1.82) is 0 Å². The van der Waals surface area contributed by atoms with Crippen molar-refractivity contribution in [2.75, 3.05) is 5.32 Å². The van der Waals surface area contributed by atoms with E-state index in [1.54, 1.807) is 6.07 Å². The minimum atomic E-state index is -0.0526. The number of rotatable bonds is 2. The molecule has 16 heavy (non-hydrogen) atoms. The highest BCUT2D eigenvalue weighted by Gasteiger charge is 2.26. The Morgan fingerprint density at radius 2 is 2.19 bits per heavy atom. The molecule has 0 saturated heterocycles. The Bertz CT molecular complexity index is 386. The number of nitrogens with one attached hydrogen (secondary N) is 1. The maximum atomic E-state index is 11.7. The number of amides is 1. The first-order chi connectivity index (χ1) is 7.47. The molecule has 1 amide bonds. The first-order valence-corrected chi connectivity index (χ1v) is 5.75. The van der Waals surface area contributed by atoms with Gasteiger partial charge in [-0.3, -0.25) is 10.1 Å². The zero-order chi connectivity index (χ0) is 11.8. The van der Waals surface area contributed by atoms with E-state index >= 15 is 0 Å². The van der Waals surface area contributed by atoms with Gasteiger partial charge in [0.15, 0.2) is 0 Å². The van der Waals surface area contributed by atoms with Gasteiger partial charge in [-0.15, -0.1) is 0 Å². The van der Waals surface area contributed by atoms with E-state index in [0.29, 0.717) is 5.88 Å². The van der Waals surface area contributed by atoms with E-state index < -0.39 is 0 Å². The Morgan fingerprint density at radius 3 is 2.62 bits per heavy atom. The fraction of sp³-hybridized carbons (Fsp3) is 0.667. The van der Waals surface area contributed by atoms with Crippen LogP contribution in [0.25, 0.3) is 0 Å². The highest BCUT2D eigenvalue weighted by molar-refractivity contribution is 5.91. The minimum absolute atomic E-state index is 0.0526. The number of carbonyl (C=O) groups excluding carboxylic acids is 1. The van der Waals surface area contributed by atoms with Crippen molar-refractivity contribution in [2.45, 2.75) is 45.4 Å². The fourth-order valence-electron chi connectivity index (χ4n) is 1.58. The van der Waals surface area contributed by atoms with E-state index in [1.165, 1.54) is 0 Å². The molecule has 1 aliphatic rings. The molecule has 0 unspecified atom stereocenters. The first kappa shape index (κ1) is 11.2. The first-order valence-electron chi connectivity index (χ1n) is 5.75. The molecule has 0 spiro atoms. The van der Waals surface area contributed by atoms with Gasteiger partial charge in [0.05, 0.1) is 5.69 Å². The van der Waals surface area contributed by atoms with E-state index in [0.717, 1.165) is 25.0 Å². The van der Waals surface area contributed by atoms with Crippen LogP contribution in [0.4, 0.5) is 5.88 Å². The third-order valence-electron chi connectivity index (χ3n) is 3.00. The predicted molar refractivity (Wildman–Crippen MR) is 61.2 cm³/mol. The Balaban J connectivity index is 1.99. The summed E-state index contributed by atoms with van der Waals surface area (Å²) in [6, 6.07) is 1.80. The smallest absolute Gasteiger partial charge is 0.231 e. The van der Waals surface area contributed by atoms with Crippen LogP contribution in [-0.4, -0.2) is 11.1 Å². The van der Waals surface area contributed by atoms with Gasteiger partial charge in [0, 0.05) is 17.4 Å². The second kappa shape index (κ2) is 3.92. The number of nitrogens with zero attached hydrogens (tertiary/aromatic N) is 1. The molecule has 0 aromatic carbocycles. The average Bonchev–Trinajstić information content (AvgIpc) is 2.47. The van der Waals surface area contributed by atoms with Crippen LogP contribution >= 0.6 is 0 Å². The van der Waals surface area contributed by atoms with Gasteiger partial charge in [0.1, 0.15) is 0 Å². The van der Waals surface area contributed by atoms with Crippen LogP contribution in [0.5, 0.6) is 0 Å². The third-order valence-corrected chi connectivity index (χ3v) is 3.00. The average molecular weight is 222 g/mol. The highest BCUT2D eigenvalue weighted by atomic mass is 16.5. The van der Waals surface area contributed by atoms with Crippen LogP contribution < -0.4 is 5.32 Å². The molecule has 4 nitrogen and oxygen atoms in total. The van der Waals surface area contributed by atoms with Gasteiger partial charge in [-0.25, -0.2) is 0 Å². The molecule has 0 bridgehead atoms. The largest absolute Gasteiger partial charge is 0.338 e. The Morgan fingerprint density at radius 1 is 1.50 bits per heavy atom. The molecule has 1 aromatic heterocycles. The Labute approximate surface area is 95.4 Å². The maximum Gasteiger partial charge on any atom is 0.231 e. The SMILES string of the molecule is CC(C)(C)c1cc(NC(=O)C2CCC2)on1. The summed E-state index contributed by atoms with van der Waals surface area (Å²) in [7, 11) is 0. The van der Waals surface area contributed by atoms with Crippen molar-refractivity contribution in [3.05, 3.63) is 11.8 Å². The van der Waals surface area contributed by atoms with Crippen LogP contribution in [0, 0.1) is 5.92 Å². The van der Waals surface area contributed by atoms with Crippen LogP contribution in [0.2, 0.25) is 0 Å². The van der Waals surface area contributed by atoms with Crippen molar-refractivity contribution < 1.29 is 9.32 Å². The van der Waals surface area contributed by atoms with Crippen LogP contribution in [0.15, 0.2) is 10.6 Å². The van der Waals surface area contributed by atoms with E-state index in [-0.39, 0.29) is 17.2 Å². The number of hydrogen-bond acceptors (Lipinski definition) is 3. The lowest BCUT2D eigenvalue weighted by molar-refractivity contribution is -0.122. The molecule has 2 rings (SSSR count). The van der Waals surface area contributed by atoms with E-state index in [9.17, 15) is 4.79 Å². The molecule has 1 saturated carbocycles. The van der Waals surface area contributed by atoms with Crippen LogP contribution in [0.1, 0.15) is 45.7 Å². The standard InChI is InChI=1S/C12H18N2O2/c1-12(2,3)9-7-10(16-14-9)13-11(15)8-5-4-6-8/h7-8H,4-6H2,1-3H3,(H,13,15). The summed E-state index contributed by atoms with van der Waals surface area (Å²) < 4.78 is 5.10. The second-order valence-electron chi connectivity index (χ2n) is 5.44. The summed E-state index contributed by atoms with van der Waals surface area (Å²) in [4.78, 5) is 11.7. The van der Waals surface area contributed by atoms with Crippen LogP contribution in [-0.2, 0) is 10.2 Å². The molecule has 4 heteroatoms. The van der Waals surface area contributed by atoms with Gasteiger partial charge < -0.3 is 4.52 Å². The molecule has 1 heterocycles. The Kier molecular flexibility index (Phi) is 2.74. The van der Waals surface area contributed by atoms with Crippen molar-refractivity contribution in [3.63, 3.8) is 0 Å². The summed E-state index contributed by atoms with van der Waals surface area (Å²) in [5.74, 6) is 0.688. The van der Waals surface area contributed by atoms with Gasteiger partial charge in [0.2, 0.25) is 11.8 Å². The molecule has 1 aromatic rings. The quantitative estimate of drug-likeness (QED) is 0.837. The summed E-state index contributed by atoms with van der Waals surface area (Å²) >= 11 is 0. The second-order valence-corrected chi connectivity index (χ2v) is 5.44. The highest BCUT2D eigenvalue weighted by Crippen LogP contribution is 2.28. The minimum Gasteiger partial charge on any atom is -0.338 e. The maximum absolute atomic E-state index is 11.7. The molecule has 0 aliphatic heterocycles. The fourth-order valence-corrected chi connectivity index (χ4v) is 1.58. The third kappa shape index (κ3) is 2.26. The molecule has 0 atom stereocenters. The lowest BCUT2D eigenvalue weighted by Crippen LogP contribution is -2.27. The molecule has 1 fully saturated rings. The van der Waals surface area contributed by atoms with Crippen LogP contribution in [0.3, 0.4) is 0 Å². The zero-order valence-corrected chi connectivity index (χ0v) is 10.0. The van der Waals surface area contributed by atoms with Gasteiger partial charge in [-0.1, -0.05) is 32.3 Å². The molecule has 0 radical (unpaired) electrons. The van der Waals surface area contributed by atoms with Gasteiger partial charge in [-0.2, -0.15) is 0 Å². The van der Waals surface area contributed by atoms with Crippen molar-refractivity contribution in [3.8, 4) is 0 Å². The number of carbonyl (C=O) groups is 1. The normalized spacial score (nSPS) is 16.9. The van der Waals surface area contributed by atoms with Crippen molar-refractivity contribution >= 4 is 11.8 Å². The molecule has 1 aliphatic carbocycles. The van der Waals surface area contributed by atoms with Gasteiger partial charge in [-0.05, 0) is 12.8 Å². The molecule has 1 N–H and O–H groups in total. The monoisotopic (exact) mass is 222 g/mol. The lowest BCUT2D eigenvalue weighted by atomic mass is 9.85. The molecular weight excluding hydrogens is 204 g/mol. The number of hydrogen-bond donors (Lipinski definition) is 1. The molecule has 88 valence electrons. The summed E-state index contributed by atoms with van der Waals surface area (Å²) in [6.45, 7) is 6.17. The summed E-state index contributed by atoms with van der Waals surface area (Å²) in [6.07, 6.45) is 3.14. The lowest BCUT2D eigenvalue weighted by Gasteiger charge is -2.23. The number of aromatic nitrogens is 1. The van der Waals surface area contributed by atoms with E-state index in [1.807, 2.05) is 0 Å². The Hall–Kier alpha value is -1.32. The van der Waals surface area contributed by atoms with E-state index in [2.05, 4.69) is 31.2 Å². The number of anilines is 1.